The third-order valence-electron chi connectivity index (χ3n) is 4.17. The van der Waals surface area contributed by atoms with Crippen molar-refractivity contribution < 1.29 is 14.3 Å². The summed E-state index contributed by atoms with van der Waals surface area (Å²) in [5, 5.41) is 12.5. The summed E-state index contributed by atoms with van der Waals surface area (Å²) >= 11 is 0. The summed E-state index contributed by atoms with van der Waals surface area (Å²) in [5.41, 5.74) is 0.358. The quantitative estimate of drug-likeness (QED) is 0.847. The fourth-order valence-corrected chi connectivity index (χ4v) is 2.91. The van der Waals surface area contributed by atoms with Gasteiger partial charge in [0.2, 0.25) is 11.9 Å². The molecule has 1 aromatic carbocycles. The maximum absolute atomic E-state index is 13.6. The van der Waals surface area contributed by atoms with E-state index in [-0.39, 0.29) is 30.9 Å². The summed E-state index contributed by atoms with van der Waals surface area (Å²) in [5.74, 6) is -0.198. The fraction of sp³-hybridized carbons (Fsp3) is 0.353. The van der Waals surface area contributed by atoms with Crippen molar-refractivity contribution in [3.8, 4) is 0 Å². The highest BCUT2D eigenvalue weighted by Crippen LogP contribution is 2.20. The second kappa shape index (κ2) is 7.35. The lowest BCUT2D eigenvalue weighted by Crippen LogP contribution is -2.42. The molecule has 1 amide bonds. The van der Waals surface area contributed by atoms with Crippen molar-refractivity contribution in [3.05, 3.63) is 54.1 Å². The van der Waals surface area contributed by atoms with E-state index in [1.165, 1.54) is 6.07 Å². The highest BCUT2D eigenvalue weighted by molar-refractivity contribution is 5.79. The van der Waals surface area contributed by atoms with Crippen molar-refractivity contribution in [1.82, 2.24) is 15.3 Å². The van der Waals surface area contributed by atoms with Crippen LogP contribution in [-0.4, -0.2) is 46.7 Å². The highest BCUT2D eigenvalue weighted by atomic mass is 19.1. The van der Waals surface area contributed by atoms with Crippen molar-refractivity contribution in [1.29, 1.82) is 0 Å². The van der Waals surface area contributed by atoms with Gasteiger partial charge in [-0.15, -0.1) is 0 Å². The van der Waals surface area contributed by atoms with Crippen LogP contribution in [0.2, 0.25) is 0 Å². The van der Waals surface area contributed by atoms with Crippen LogP contribution in [0.5, 0.6) is 0 Å². The third-order valence-corrected chi connectivity index (χ3v) is 4.17. The number of aliphatic hydroxyl groups is 1. The van der Waals surface area contributed by atoms with Crippen molar-refractivity contribution in [2.45, 2.75) is 12.5 Å². The minimum atomic E-state index is -0.392. The molecule has 1 saturated heterocycles. The molecule has 2 N–H and O–H groups in total. The SMILES string of the molecule is O=C(Cc1ccccc1F)N[C@@H]1CN(c2ncccn2)C[C@H]1CO. The number of carbonyl (C=O) groups excluding carboxylic acids is 1. The van der Waals surface area contributed by atoms with E-state index in [4.69, 9.17) is 0 Å². The van der Waals surface area contributed by atoms with Crippen molar-refractivity contribution in [3.63, 3.8) is 0 Å². The van der Waals surface area contributed by atoms with Crippen LogP contribution in [0.25, 0.3) is 0 Å². The number of aromatic nitrogens is 2. The Kier molecular flexibility index (Phi) is 5.00. The van der Waals surface area contributed by atoms with Crippen LogP contribution in [0.1, 0.15) is 5.56 Å². The lowest BCUT2D eigenvalue weighted by atomic mass is 10.0. The van der Waals surface area contributed by atoms with Gasteiger partial charge >= 0.3 is 0 Å². The molecule has 2 aromatic rings. The van der Waals surface area contributed by atoms with Crippen molar-refractivity contribution in [2.24, 2.45) is 5.92 Å². The van der Waals surface area contributed by atoms with Gasteiger partial charge in [-0.05, 0) is 17.7 Å². The number of nitrogens with one attached hydrogen (secondary N) is 1. The maximum atomic E-state index is 13.6. The van der Waals surface area contributed by atoms with E-state index >= 15 is 0 Å². The monoisotopic (exact) mass is 330 g/mol. The Balaban J connectivity index is 1.63. The second-order valence-electron chi connectivity index (χ2n) is 5.84. The van der Waals surface area contributed by atoms with Gasteiger partial charge in [-0.1, -0.05) is 18.2 Å². The Hall–Kier alpha value is -2.54. The van der Waals surface area contributed by atoms with E-state index in [1.807, 2.05) is 4.90 Å². The summed E-state index contributed by atoms with van der Waals surface area (Å²) in [7, 11) is 0. The molecule has 126 valence electrons. The Morgan fingerprint density at radius 1 is 1.25 bits per heavy atom. The largest absolute Gasteiger partial charge is 0.396 e. The van der Waals surface area contributed by atoms with Crippen LogP contribution in [0.3, 0.4) is 0 Å². The van der Waals surface area contributed by atoms with Gasteiger partial charge in [-0.25, -0.2) is 14.4 Å². The Labute approximate surface area is 139 Å². The Morgan fingerprint density at radius 3 is 2.71 bits per heavy atom. The molecule has 1 aromatic heterocycles. The lowest BCUT2D eigenvalue weighted by molar-refractivity contribution is -0.121. The summed E-state index contributed by atoms with van der Waals surface area (Å²) in [6.07, 6.45) is 3.28. The van der Waals surface area contributed by atoms with E-state index in [0.717, 1.165) is 0 Å². The average Bonchev–Trinajstić information content (AvgIpc) is 3.00. The number of aliphatic hydroxyl groups excluding tert-OH is 1. The molecule has 7 heteroatoms. The number of anilines is 1. The van der Waals surface area contributed by atoms with Crippen LogP contribution in [0.4, 0.5) is 10.3 Å². The number of rotatable bonds is 5. The molecule has 1 aliphatic rings. The molecule has 6 nitrogen and oxygen atoms in total. The van der Waals surface area contributed by atoms with Gasteiger partial charge in [0.25, 0.3) is 0 Å². The number of benzene rings is 1. The number of amides is 1. The van der Waals surface area contributed by atoms with Gasteiger partial charge in [-0.2, -0.15) is 0 Å². The normalized spacial score (nSPS) is 20.2. The molecule has 1 aliphatic heterocycles. The molecule has 0 saturated carbocycles. The first-order valence-corrected chi connectivity index (χ1v) is 7.83. The van der Waals surface area contributed by atoms with Crippen LogP contribution < -0.4 is 10.2 Å². The maximum Gasteiger partial charge on any atom is 0.225 e. The molecular weight excluding hydrogens is 311 g/mol. The predicted molar refractivity (Wildman–Crippen MR) is 86.9 cm³/mol. The van der Waals surface area contributed by atoms with Crippen LogP contribution in [0, 0.1) is 11.7 Å². The summed E-state index contributed by atoms with van der Waals surface area (Å²) in [6.45, 7) is 1.03. The minimum Gasteiger partial charge on any atom is -0.396 e. The van der Waals surface area contributed by atoms with Crippen LogP contribution in [0.15, 0.2) is 42.7 Å². The molecule has 0 bridgehead atoms. The zero-order valence-corrected chi connectivity index (χ0v) is 13.1. The first kappa shape index (κ1) is 16.3. The van der Waals surface area contributed by atoms with Gasteiger partial charge in [-0.3, -0.25) is 4.79 Å². The van der Waals surface area contributed by atoms with E-state index in [2.05, 4.69) is 15.3 Å². The number of hydrogen-bond donors (Lipinski definition) is 2. The topological polar surface area (TPSA) is 78.4 Å². The molecule has 0 radical (unpaired) electrons. The fourth-order valence-electron chi connectivity index (χ4n) is 2.91. The smallest absolute Gasteiger partial charge is 0.225 e. The minimum absolute atomic E-state index is 0.0246. The highest BCUT2D eigenvalue weighted by Gasteiger charge is 2.34. The molecule has 0 spiro atoms. The van der Waals surface area contributed by atoms with E-state index in [9.17, 15) is 14.3 Å². The van der Waals surface area contributed by atoms with E-state index in [1.54, 1.807) is 36.7 Å². The average molecular weight is 330 g/mol. The number of nitrogens with zero attached hydrogens (tertiary/aromatic N) is 3. The molecular formula is C17H19FN4O2. The second-order valence-corrected chi connectivity index (χ2v) is 5.84. The van der Waals surface area contributed by atoms with Crippen LogP contribution in [-0.2, 0) is 11.2 Å². The molecule has 24 heavy (non-hydrogen) atoms. The van der Waals surface area contributed by atoms with Crippen LogP contribution >= 0.6 is 0 Å². The molecule has 0 aliphatic carbocycles. The number of halogens is 1. The van der Waals surface area contributed by atoms with Gasteiger partial charge in [0.05, 0.1) is 12.5 Å². The van der Waals surface area contributed by atoms with Gasteiger partial charge < -0.3 is 15.3 Å². The summed E-state index contributed by atoms with van der Waals surface area (Å²) in [4.78, 5) is 22.5. The lowest BCUT2D eigenvalue weighted by Gasteiger charge is -2.18. The molecule has 2 atom stereocenters. The summed E-state index contributed by atoms with van der Waals surface area (Å²) in [6, 6.07) is 7.73. The first-order valence-electron chi connectivity index (χ1n) is 7.83. The zero-order valence-electron chi connectivity index (χ0n) is 13.1. The molecule has 1 fully saturated rings. The Morgan fingerprint density at radius 2 is 2.00 bits per heavy atom. The predicted octanol–water partition coefficient (Wildman–Crippen LogP) is 0.772. The third kappa shape index (κ3) is 3.68. The zero-order chi connectivity index (χ0) is 16.9. The standard InChI is InChI=1S/C17H19FN4O2/c18-14-5-2-1-4-12(14)8-16(24)21-15-10-22(9-13(15)11-23)17-19-6-3-7-20-17/h1-7,13,15,23H,8-11H2,(H,21,24)/t13-,15+/m0/s1. The molecule has 0 unspecified atom stereocenters. The first-order chi connectivity index (χ1) is 11.7. The van der Waals surface area contributed by atoms with Gasteiger partial charge in [0.15, 0.2) is 0 Å². The number of carbonyl (C=O) groups is 1. The van der Waals surface area contributed by atoms with Gasteiger partial charge in [0, 0.05) is 38.0 Å². The summed E-state index contributed by atoms with van der Waals surface area (Å²) < 4.78 is 13.6. The van der Waals surface area contributed by atoms with E-state index in [0.29, 0.717) is 24.6 Å². The van der Waals surface area contributed by atoms with Gasteiger partial charge in [0.1, 0.15) is 5.82 Å². The molecule has 3 rings (SSSR count). The van der Waals surface area contributed by atoms with Crippen molar-refractivity contribution in [2.75, 3.05) is 24.6 Å². The number of hydrogen-bond acceptors (Lipinski definition) is 5. The van der Waals surface area contributed by atoms with E-state index < -0.39 is 5.82 Å². The van der Waals surface area contributed by atoms with Crippen molar-refractivity contribution >= 4 is 11.9 Å². The molecule has 2 heterocycles. The Bertz CT molecular complexity index is 698.